The number of amides is 2. The molecule has 0 unspecified atom stereocenters. The lowest BCUT2D eigenvalue weighted by Crippen LogP contribution is -2.41. The summed E-state index contributed by atoms with van der Waals surface area (Å²) >= 11 is 6.04. The second kappa shape index (κ2) is 9.18. The van der Waals surface area contributed by atoms with E-state index in [0.29, 0.717) is 31.0 Å². The zero-order chi connectivity index (χ0) is 21.8. The van der Waals surface area contributed by atoms with Crippen molar-refractivity contribution < 1.29 is 9.59 Å². The van der Waals surface area contributed by atoms with Gasteiger partial charge >= 0.3 is 0 Å². The van der Waals surface area contributed by atoms with Crippen LogP contribution in [0.2, 0.25) is 5.02 Å². The van der Waals surface area contributed by atoms with Gasteiger partial charge in [0.2, 0.25) is 11.8 Å². The topological polar surface area (TPSA) is 81.2 Å². The van der Waals surface area contributed by atoms with Crippen molar-refractivity contribution in [1.82, 2.24) is 14.7 Å². The predicted molar refractivity (Wildman–Crippen MR) is 122 cm³/mol. The SMILES string of the molecule is NC(=O)C1CCN(C(=O)C=Cc2cn(-c3ccccc3)nc2-c2ccc(Cl)cc2)CC1. The average Bonchev–Trinajstić information content (AvgIpc) is 3.23. The number of likely N-dealkylation sites (tertiary alicyclic amines) is 1. The van der Waals surface area contributed by atoms with Crippen LogP contribution in [0.25, 0.3) is 23.0 Å². The molecule has 0 atom stereocenters. The van der Waals surface area contributed by atoms with Crippen LogP contribution in [-0.4, -0.2) is 39.6 Å². The maximum absolute atomic E-state index is 12.7. The van der Waals surface area contributed by atoms with Crippen LogP contribution in [0.4, 0.5) is 0 Å². The first-order valence-corrected chi connectivity index (χ1v) is 10.6. The van der Waals surface area contributed by atoms with Gasteiger partial charge in [0.15, 0.2) is 0 Å². The molecule has 158 valence electrons. The second-order valence-electron chi connectivity index (χ2n) is 7.56. The van der Waals surface area contributed by atoms with E-state index in [9.17, 15) is 9.59 Å². The molecule has 0 saturated carbocycles. The number of nitrogens with zero attached hydrogens (tertiary/aromatic N) is 3. The third kappa shape index (κ3) is 4.86. The number of halogens is 1. The van der Waals surface area contributed by atoms with Crippen molar-refractivity contribution in [3.8, 4) is 16.9 Å². The molecular formula is C24H23ClN4O2. The molecule has 1 aliphatic rings. The maximum Gasteiger partial charge on any atom is 0.246 e. The lowest BCUT2D eigenvalue weighted by molar-refractivity contribution is -0.130. The number of hydrogen-bond donors (Lipinski definition) is 1. The Balaban J connectivity index is 1.59. The van der Waals surface area contributed by atoms with E-state index in [2.05, 4.69) is 0 Å². The zero-order valence-corrected chi connectivity index (χ0v) is 17.7. The van der Waals surface area contributed by atoms with Gasteiger partial charge in [0.25, 0.3) is 0 Å². The van der Waals surface area contributed by atoms with Gasteiger partial charge in [-0.3, -0.25) is 9.59 Å². The van der Waals surface area contributed by atoms with Crippen LogP contribution in [0.15, 0.2) is 66.9 Å². The normalized spacial score (nSPS) is 14.8. The summed E-state index contributed by atoms with van der Waals surface area (Å²) in [5.41, 5.74) is 8.81. The number of hydrogen-bond acceptors (Lipinski definition) is 3. The largest absolute Gasteiger partial charge is 0.369 e. The van der Waals surface area contributed by atoms with E-state index in [0.717, 1.165) is 22.5 Å². The van der Waals surface area contributed by atoms with E-state index >= 15 is 0 Å². The van der Waals surface area contributed by atoms with Gasteiger partial charge in [-0.25, -0.2) is 4.68 Å². The first kappa shape index (κ1) is 20.9. The molecule has 4 rings (SSSR count). The van der Waals surface area contributed by atoms with E-state index in [1.54, 1.807) is 21.7 Å². The number of nitrogens with two attached hydrogens (primary N) is 1. The van der Waals surface area contributed by atoms with E-state index < -0.39 is 0 Å². The summed E-state index contributed by atoms with van der Waals surface area (Å²) in [7, 11) is 0. The van der Waals surface area contributed by atoms with Crippen LogP contribution < -0.4 is 5.73 Å². The highest BCUT2D eigenvalue weighted by Crippen LogP contribution is 2.26. The molecule has 2 aromatic carbocycles. The fraction of sp³-hybridized carbons (Fsp3) is 0.208. The van der Waals surface area contributed by atoms with Gasteiger partial charge in [0.1, 0.15) is 0 Å². The minimum absolute atomic E-state index is 0.0857. The summed E-state index contributed by atoms with van der Waals surface area (Å²) in [5, 5.41) is 5.40. The highest BCUT2D eigenvalue weighted by atomic mass is 35.5. The third-order valence-electron chi connectivity index (χ3n) is 5.50. The molecule has 6 nitrogen and oxygen atoms in total. The van der Waals surface area contributed by atoms with E-state index in [-0.39, 0.29) is 17.7 Å². The van der Waals surface area contributed by atoms with Crippen LogP contribution in [-0.2, 0) is 9.59 Å². The van der Waals surface area contributed by atoms with E-state index in [1.807, 2.05) is 60.8 Å². The Morgan fingerprint density at radius 3 is 2.35 bits per heavy atom. The number of piperidine rings is 1. The number of primary amides is 1. The average molecular weight is 435 g/mol. The van der Waals surface area contributed by atoms with Gasteiger partial charge < -0.3 is 10.6 Å². The molecular weight excluding hydrogens is 412 g/mol. The van der Waals surface area contributed by atoms with Crippen LogP contribution in [0.3, 0.4) is 0 Å². The summed E-state index contributed by atoms with van der Waals surface area (Å²) < 4.78 is 1.80. The summed E-state index contributed by atoms with van der Waals surface area (Å²) in [5.74, 6) is -0.519. The number of rotatable bonds is 5. The van der Waals surface area contributed by atoms with E-state index in [4.69, 9.17) is 22.4 Å². The highest BCUT2D eigenvalue weighted by molar-refractivity contribution is 6.30. The Kier molecular flexibility index (Phi) is 6.18. The number of aromatic nitrogens is 2. The van der Waals surface area contributed by atoms with Crippen molar-refractivity contribution in [2.75, 3.05) is 13.1 Å². The Morgan fingerprint density at radius 1 is 1.03 bits per heavy atom. The smallest absolute Gasteiger partial charge is 0.246 e. The molecule has 1 aliphatic heterocycles. The maximum atomic E-state index is 12.7. The molecule has 1 saturated heterocycles. The molecule has 7 heteroatoms. The lowest BCUT2D eigenvalue weighted by Gasteiger charge is -2.29. The van der Waals surface area contributed by atoms with E-state index in [1.165, 1.54) is 0 Å². The highest BCUT2D eigenvalue weighted by Gasteiger charge is 2.24. The lowest BCUT2D eigenvalue weighted by atomic mass is 9.96. The molecule has 2 heterocycles. The summed E-state index contributed by atoms with van der Waals surface area (Å²) in [6.07, 6.45) is 6.48. The predicted octanol–water partition coefficient (Wildman–Crippen LogP) is 3.93. The Morgan fingerprint density at radius 2 is 1.71 bits per heavy atom. The number of carbonyl (C=O) groups is 2. The minimum atomic E-state index is -0.288. The minimum Gasteiger partial charge on any atom is -0.369 e. The van der Waals surface area contributed by atoms with Crippen LogP contribution >= 0.6 is 11.6 Å². The van der Waals surface area contributed by atoms with Crippen molar-refractivity contribution >= 4 is 29.5 Å². The standard InChI is InChI=1S/C24H23ClN4O2/c25-20-9-6-17(7-10-20)23-19(16-29(27-23)21-4-2-1-3-5-21)8-11-22(30)28-14-12-18(13-15-28)24(26)31/h1-11,16,18H,12-15H2,(H2,26,31). The molecule has 0 radical (unpaired) electrons. The zero-order valence-electron chi connectivity index (χ0n) is 16.9. The second-order valence-corrected chi connectivity index (χ2v) is 7.99. The van der Waals surface area contributed by atoms with Gasteiger partial charge in [-0.2, -0.15) is 5.10 Å². The monoisotopic (exact) mass is 434 g/mol. The first-order valence-electron chi connectivity index (χ1n) is 10.2. The summed E-state index contributed by atoms with van der Waals surface area (Å²) in [6, 6.07) is 17.3. The van der Waals surface area contributed by atoms with Crippen LogP contribution in [0.1, 0.15) is 18.4 Å². The summed E-state index contributed by atoms with van der Waals surface area (Å²) in [6.45, 7) is 1.06. The van der Waals surface area contributed by atoms with Gasteiger partial charge in [-0.1, -0.05) is 41.9 Å². The summed E-state index contributed by atoms with van der Waals surface area (Å²) in [4.78, 5) is 25.8. The molecule has 1 aromatic heterocycles. The first-order chi connectivity index (χ1) is 15.0. The van der Waals surface area contributed by atoms with Crippen molar-refractivity contribution in [2.24, 2.45) is 11.7 Å². The van der Waals surface area contributed by atoms with Crippen molar-refractivity contribution in [3.63, 3.8) is 0 Å². The fourth-order valence-corrected chi connectivity index (χ4v) is 3.83. The molecule has 3 aromatic rings. The third-order valence-corrected chi connectivity index (χ3v) is 5.75. The quantitative estimate of drug-likeness (QED) is 0.618. The fourth-order valence-electron chi connectivity index (χ4n) is 3.71. The molecule has 0 bridgehead atoms. The van der Waals surface area contributed by atoms with Crippen LogP contribution in [0, 0.1) is 5.92 Å². The number of para-hydroxylation sites is 1. The van der Waals surface area contributed by atoms with Gasteiger partial charge in [-0.15, -0.1) is 0 Å². The van der Waals surface area contributed by atoms with Crippen molar-refractivity contribution in [2.45, 2.75) is 12.8 Å². The molecule has 0 spiro atoms. The number of benzene rings is 2. The molecule has 2 N–H and O–H groups in total. The van der Waals surface area contributed by atoms with Gasteiger partial charge in [-0.05, 0) is 43.2 Å². The van der Waals surface area contributed by atoms with Crippen molar-refractivity contribution in [3.05, 3.63) is 77.5 Å². The molecule has 2 amide bonds. The van der Waals surface area contributed by atoms with Crippen molar-refractivity contribution in [1.29, 1.82) is 0 Å². The number of carbonyl (C=O) groups excluding carboxylic acids is 2. The van der Waals surface area contributed by atoms with Gasteiger partial charge in [0.05, 0.1) is 11.4 Å². The Bertz CT molecular complexity index is 1100. The molecule has 31 heavy (non-hydrogen) atoms. The van der Waals surface area contributed by atoms with Crippen LogP contribution in [0.5, 0.6) is 0 Å². The molecule has 1 fully saturated rings. The Labute approximate surface area is 185 Å². The van der Waals surface area contributed by atoms with Gasteiger partial charge in [0, 0.05) is 47.4 Å². The molecule has 0 aliphatic carbocycles. The Hall–Kier alpha value is -3.38.